The lowest BCUT2D eigenvalue weighted by Crippen LogP contribution is -2.05. The van der Waals surface area contributed by atoms with Crippen molar-refractivity contribution in [3.05, 3.63) is 25.0 Å². The molecule has 0 aliphatic rings. The first-order chi connectivity index (χ1) is 5.21. The summed E-state index contributed by atoms with van der Waals surface area (Å²) in [7, 11) is 0. The number of rotatable bonds is 2. The van der Waals surface area contributed by atoms with Gasteiger partial charge in [-0.3, -0.25) is 0 Å². The fourth-order valence-electron chi connectivity index (χ4n) is 0.596. The highest BCUT2D eigenvalue weighted by molar-refractivity contribution is 5.04. The lowest BCUT2D eigenvalue weighted by molar-refractivity contribution is 0.501. The quantitative estimate of drug-likeness (QED) is 0.583. The Morgan fingerprint density at radius 1 is 0.833 bits per heavy atom. The van der Waals surface area contributed by atoms with E-state index in [2.05, 4.69) is 60.1 Å². The number of allylic oxidation sites excluding steroid dienone is 2. The Hall–Kier alpha value is -0.260. The molecule has 0 atom stereocenters. The minimum atomic E-state index is 0.238. The normalized spacial score (nSPS) is 14.2. The summed E-state index contributed by atoms with van der Waals surface area (Å²) in [5.74, 6) is 0. The average Bonchev–Trinajstić information content (AvgIpc) is 1.76. The molecule has 0 bridgehead atoms. The molecular formula is C12H21. The van der Waals surface area contributed by atoms with Crippen LogP contribution in [-0.4, -0.2) is 0 Å². The van der Waals surface area contributed by atoms with Gasteiger partial charge in [0.1, 0.15) is 0 Å². The minimum absolute atomic E-state index is 0.238. The van der Waals surface area contributed by atoms with Crippen LogP contribution in [0.15, 0.2) is 6.08 Å². The molecule has 12 heavy (non-hydrogen) atoms. The first-order valence-electron chi connectivity index (χ1n) is 4.49. The summed E-state index contributed by atoms with van der Waals surface area (Å²) in [4.78, 5) is 0. The zero-order chi connectivity index (χ0) is 9.83. The monoisotopic (exact) mass is 165 g/mol. The summed E-state index contributed by atoms with van der Waals surface area (Å²) in [5.41, 5.74) is 0.501. The molecule has 0 aromatic rings. The molecule has 0 unspecified atom stereocenters. The van der Waals surface area contributed by atoms with E-state index in [1.165, 1.54) is 0 Å². The zero-order valence-corrected chi connectivity index (χ0v) is 9.23. The van der Waals surface area contributed by atoms with Gasteiger partial charge in [-0.25, -0.2) is 0 Å². The van der Waals surface area contributed by atoms with Gasteiger partial charge in [0, 0.05) is 0 Å². The van der Waals surface area contributed by atoms with Gasteiger partial charge in [0.2, 0.25) is 0 Å². The zero-order valence-electron chi connectivity index (χ0n) is 9.23. The molecule has 0 nitrogen and oxygen atoms in total. The Bertz CT molecular complexity index is 138. The molecule has 0 aliphatic carbocycles. The summed E-state index contributed by atoms with van der Waals surface area (Å²) in [5, 5.41) is 0. The van der Waals surface area contributed by atoms with Crippen LogP contribution in [0.5, 0.6) is 0 Å². The van der Waals surface area contributed by atoms with E-state index in [1.807, 2.05) is 6.42 Å². The Morgan fingerprint density at radius 2 is 1.33 bits per heavy atom. The van der Waals surface area contributed by atoms with Crippen molar-refractivity contribution in [2.75, 3.05) is 0 Å². The van der Waals surface area contributed by atoms with Gasteiger partial charge >= 0.3 is 0 Å². The van der Waals surface area contributed by atoms with E-state index in [1.54, 1.807) is 0 Å². The van der Waals surface area contributed by atoms with E-state index in [0.717, 1.165) is 0 Å². The lowest BCUT2D eigenvalue weighted by atomic mass is 9.89. The molecule has 0 aromatic carbocycles. The van der Waals surface area contributed by atoms with Crippen LogP contribution < -0.4 is 0 Å². The lowest BCUT2D eigenvalue weighted by Gasteiger charge is -2.16. The van der Waals surface area contributed by atoms with E-state index < -0.39 is 0 Å². The molecule has 0 aliphatic heterocycles. The molecule has 0 amide bonds. The fraction of sp³-hybridized carbons (Fsp3) is 0.667. The molecule has 0 heteroatoms. The van der Waals surface area contributed by atoms with Crippen LogP contribution in [0.3, 0.4) is 0 Å². The third kappa shape index (κ3) is 9.74. The van der Waals surface area contributed by atoms with Gasteiger partial charge in [-0.1, -0.05) is 47.6 Å². The van der Waals surface area contributed by atoms with Crippen LogP contribution in [0.4, 0.5) is 0 Å². The second kappa shape index (κ2) is 4.11. The van der Waals surface area contributed by atoms with E-state index in [-0.39, 0.29) is 10.8 Å². The van der Waals surface area contributed by atoms with Crippen LogP contribution >= 0.6 is 0 Å². The van der Waals surface area contributed by atoms with Crippen molar-refractivity contribution in [1.82, 2.24) is 0 Å². The van der Waals surface area contributed by atoms with Gasteiger partial charge in [0.25, 0.3) is 0 Å². The summed E-state index contributed by atoms with van der Waals surface area (Å²) in [6.07, 6.45) is 9.44. The molecule has 3 radical (unpaired) electrons. The molecule has 0 heterocycles. The number of hydrogen-bond acceptors (Lipinski definition) is 0. The summed E-state index contributed by atoms with van der Waals surface area (Å²) in [6.45, 7) is 13.1. The van der Waals surface area contributed by atoms with Crippen LogP contribution in [-0.2, 0) is 0 Å². The van der Waals surface area contributed by atoms with Gasteiger partial charge in [0.15, 0.2) is 0 Å². The van der Waals surface area contributed by atoms with Crippen molar-refractivity contribution in [2.45, 2.75) is 41.5 Å². The standard InChI is InChI=1S/C12H21/c1-11(2,3)9-7-8-10-12(4,5)6/h7,9-10H,1-6H3. The summed E-state index contributed by atoms with van der Waals surface area (Å²) < 4.78 is 0. The van der Waals surface area contributed by atoms with Crippen LogP contribution in [0.2, 0.25) is 0 Å². The number of hydrogen-bond donors (Lipinski definition) is 0. The molecule has 0 N–H and O–H groups in total. The maximum atomic E-state index is 3.18. The van der Waals surface area contributed by atoms with Gasteiger partial charge in [-0.05, 0) is 29.7 Å². The van der Waals surface area contributed by atoms with E-state index in [4.69, 9.17) is 0 Å². The maximum absolute atomic E-state index is 3.18. The highest BCUT2D eigenvalue weighted by Crippen LogP contribution is 2.20. The topological polar surface area (TPSA) is 0 Å². The Morgan fingerprint density at radius 3 is 1.67 bits per heavy atom. The molecule has 0 saturated heterocycles. The first-order valence-corrected chi connectivity index (χ1v) is 4.49. The second-order valence-electron chi connectivity index (χ2n) is 5.38. The third-order valence-electron chi connectivity index (χ3n) is 1.20. The Kier molecular flexibility index (Phi) is 4.02. The SMILES string of the molecule is CC(C)(C)[CH][CH][C]=CC(C)(C)C. The molecule has 69 valence electrons. The Balaban J connectivity index is 3.64. The van der Waals surface area contributed by atoms with Gasteiger partial charge in [-0.15, -0.1) is 0 Å². The van der Waals surface area contributed by atoms with Crippen molar-refractivity contribution in [3.63, 3.8) is 0 Å². The van der Waals surface area contributed by atoms with Crippen molar-refractivity contribution >= 4 is 0 Å². The predicted octanol–water partition coefficient (Wildman–Crippen LogP) is 3.85. The van der Waals surface area contributed by atoms with Crippen LogP contribution in [0.25, 0.3) is 0 Å². The molecule has 0 rings (SSSR count). The fourth-order valence-corrected chi connectivity index (χ4v) is 0.596. The van der Waals surface area contributed by atoms with Crippen molar-refractivity contribution < 1.29 is 0 Å². The van der Waals surface area contributed by atoms with Crippen molar-refractivity contribution in [2.24, 2.45) is 10.8 Å². The molecule has 0 fully saturated rings. The smallest absolute Gasteiger partial charge is 0.00540 e. The maximum Gasteiger partial charge on any atom is -0.00540 e. The highest BCUT2D eigenvalue weighted by atomic mass is 14.1. The summed E-state index contributed by atoms with van der Waals surface area (Å²) in [6, 6.07) is 0. The van der Waals surface area contributed by atoms with E-state index in [9.17, 15) is 0 Å². The molecule has 0 aromatic heterocycles. The Labute approximate surface area is 78.1 Å². The first kappa shape index (κ1) is 11.7. The highest BCUT2D eigenvalue weighted by Gasteiger charge is 2.09. The predicted molar refractivity (Wildman–Crippen MR) is 55.3 cm³/mol. The van der Waals surface area contributed by atoms with Gasteiger partial charge < -0.3 is 0 Å². The minimum Gasteiger partial charge on any atom is -0.0753 e. The van der Waals surface area contributed by atoms with Crippen molar-refractivity contribution in [1.29, 1.82) is 0 Å². The van der Waals surface area contributed by atoms with Gasteiger partial charge in [-0.2, -0.15) is 0 Å². The third-order valence-corrected chi connectivity index (χ3v) is 1.20. The van der Waals surface area contributed by atoms with Crippen LogP contribution in [0, 0.1) is 29.7 Å². The largest absolute Gasteiger partial charge is 0.0753 e. The molecule has 0 spiro atoms. The van der Waals surface area contributed by atoms with Crippen molar-refractivity contribution in [3.8, 4) is 0 Å². The molecule has 0 saturated carbocycles. The molecular weight excluding hydrogens is 144 g/mol. The average molecular weight is 165 g/mol. The van der Waals surface area contributed by atoms with Gasteiger partial charge in [0.05, 0.1) is 0 Å². The summed E-state index contributed by atoms with van der Waals surface area (Å²) >= 11 is 0. The van der Waals surface area contributed by atoms with E-state index >= 15 is 0 Å². The second-order valence-corrected chi connectivity index (χ2v) is 5.38. The van der Waals surface area contributed by atoms with E-state index in [0.29, 0.717) is 0 Å². The van der Waals surface area contributed by atoms with Crippen LogP contribution in [0.1, 0.15) is 41.5 Å².